The molecule has 1 aromatic rings. The van der Waals surface area contributed by atoms with E-state index in [1.54, 1.807) is 4.90 Å². The predicted octanol–water partition coefficient (Wildman–Crippen LogP) is 1.60. The third-order valence-corrected chi connectivity index (χ3v) is 5.61. The molecule has 158 valence electrons. The van der Waals surface area contributed by atoms with E-state index in [9.17, 15) is 18.8 Å². The molecule has 2 aliphatic rings. The van der Waals surface area contributed by atoms with E-state index in [1.807, 2.05) is 4.90 Å². The van der Waals surface area contributed by atoms with Crippen LogP contribution in [0.4, 0.5) is 10.1 Å². The van der Waals surface area contributed by atoms with Crippen LogP contribution < -0.4 is 10.6 Å². The van der Waals surface area contributed by atoms with Crippen molar-refractivity contribution in [3.05, 3.63) is 30.1 Å². The van der Waals surface area contributed by atoms with Gasteiger partial charge >= 0.3 is 0 Å². The van der Waals surface area contributed by atoms with Crippen molar-refractivity contribution in [2.24, 2.45) is 5.92 Å². The highest BCUT2D eigenvalue weighted by atomic mass is 19.1. The lowest BCUT2D eigenvalue weighted by atomic mass is 9.89. The van der Waals surface area contributed by atoms with E-state index in [1.165, 1.54) is 30.7 Å². The summed E-state index contributed by atoms with van der Waals surface area (Å²) in [5.74, 6) is -0.554. The summed E-state index contributed by atoms with van der Waals surface area (Å²) in [6.07, 6.45) is 5.19. The number of amides is 3. The molecule has 0 unspecified atom stereocenters. The summed E-state index contributed by atoms with van der Waals surface area (Å²) >= 11 is 0. The minimum atomic E-state index is -0.348. The van der Waals surface area contributed by atoms with E-state index in [2.05, 4.69) is 10.6 Å². The molecule has 3 rings (SSSR count). The van der Waals surface area contributed by atoms with Crippen molar-refractivity contribution in [1.29, 1.82) is 0 Å². The standard InChI is InChI=1S/C21H29FN4O3/c22-17-6-8-18(9-7-17)24-19(27)15-25-10-12-26(13-11-25)20(28)14-23-21(29)16-4-2-1-3-5-16/h6-9,16H,1-5,10-15H2,(H,23,29)(H,24,27). The Morgan fingerprint density at radius 1 is 0.966 bits per heavy atom. The summed E-state index contributed by atoms with van der Waals surface area (Å²) < 4.78 is 12.9. The average molecular weight is 404 g/mol. The number of benzene rings is 1. The van der Waals surface area contributed by atoms with Crippen LogP contribution in [0.3, 0.4) is 0 Å². The summed E-state index contributed by atoms with van der Waals surface area (Å²) in [5, 5.41) is 5.53. The van der Waals surface area contributed by atoms with Crippen LogP contribution >= 0.6 is 0 Å². The van der Waals surface area contributed by atoms with Crippen LogP contribution in [-0.2, 0) is 14.4 Å². The van der Waals surface area contributed by atoms with Gasteiger partial charge in [0.25, 0.3) is 0 Å². The molecule has 1 heterocycles. The van der Waals surface area contributed by atoms with Gasteiger partial charge in [-0.2, -0.15) is 0 Å². The first-order valence-corrected chi connectivity index (χ1v) is 10.3. The van der Waals surface area contributed by atoms with Crippen molar-refractivity contribution in [2.45, 2.75) is 32.1 Å². The van der Waals surface area contributed by atoms with Gasteiger partial charge in [-0.15, -0.1) is 0 Å². The Hall–Kier alpha value is -2.48. The first kappa shape index (κ1) is 21.2. The molecule has 1 aliphatic heterocycles. The molecule has 0 bridgehead atoms. The summed E-state index contributed by atoms with van der Waals surface area (Å²) in [7, 11) is 0. The number of carbonyl (C=O) groups excluding carboxylic acids is 3. The molecule has 0 atom stereocenters. The number of hydrogen-bond acceptors (Lipinski definition) is 4. The van der Waals surface area contributed by atoms with Crippen LogP contribution in [0.15, 0.2) is 24.3 Å². The molecule has 2 N–H and O–H groups in total. The Morgan fingerprint density at radius 3 is 2.28 bits per heavy atom. The smallest absolute Gasteiger partial charge is 0.242 e. The average Bonchev–Trinajstić information content (AvgIpc) is 2.74. The molecule has 1 saturated heterocycles. The van der Waals surface area contributed by atoms with Crippen LogP contribution in [0, 0.1) is 11.7 Å². The molecule has 7 nitrogen and oxygen atoms in total. The third kappa shape index (κ3) is 6.52. The molecule has 0 spiro atoms. The highest BCUT2D eigenvalue weighted by molar-refractivity contribution is 5.92. The number of nitrogens with one attached hydrogen (secondary N) is 2. The molecule has 0 aromatic heterocycles. The van der Waals surface area contributed by atoms with Crippen LogP contribution in [0.2, 0.25) is 0 Å². The predicted molar refractivity (Wildman–Crippen MR) is 108 cm³/mol. The Balaban J connectivity index is 1.34. The second kappa shape index (κ2) is 10.3. The molecule has 1 aromatic carbocycles. The quantitative estimate of drug-likeness (QED) is 0.755. The first-order chi connectivity index (χ1) is 14.0. The molecule has 8 heteroatoms. The Morgan fingerprint density at radius 2 is 1.62 bits per heavy atom. The maximum Gasteiger partial charge on any atom is 0.242 e. The van der Waals surface area contributed by atoms with Gasteiger partial charge in [-0.25, -0.2) is 4.39 Å². The van der Waals surface area contributed by atoms with E-state index in [4.69, 9.17) is 0 Å². The molecular weight excluding hydrogens is 375 g/mol. The first-order valence-electron chi connectivity index (χ1n) is 10.3. The number of rotatable bonds is 6. The summed E-state index contributed by atoms with van der Waals surface area (Å²) in [4.78, 5) is 40.4. The fraction of sp³-hybridized carbons (Fsp3) is 0.571. The van der Waals surface area contributed by atoms with Crippen molar-refractivity contribution in [2.75, 3.05) is 44.6 Å². The minimum absolute atomic E-state index is 0.00542. The highest BCUT2D eigenvalue weighted by Gasteiger charge is 2.25. The molecule has 1 aliphatic carbocycles. The summed E-state index contributed by atoms with van der Waals surface area (Å²) in [6, 6.07) is 5.64. The number of piperazine rings is 1. The lowest BCUT2D eigenvalue weighted by Crippen LogP contribution is -2.52. The number of anilines is 1. The molecular formula is C21H29FN4O3. The van der Waals surface area contributed by atoms with Gasteiger partial charge in [0.1, 0.15) is 5.82 Å². The SMILES string of the molecule is O=C(CN1CCN(C(=O)CNC(=O)C2CCCCC2)CC1)Nc1ccc(F)cc1. The van der Waals surface area contributed by atoms with Crippen LogP contribution in [-0.4, -0.2) is 66.8 Å². The Labute approximate surface area is 170 Å². The van der Waals surface area contributed by atoms with Gasteiger partial charge < -0.3 is 15.5 Å². The number of hydrogen-bond donors (Lipinski definition) is 2. The zero-order valence-corrected chi connectivity index (χ0v) is 16.7. The normalized spacial score (nSPS) is 18.3. The number of halogens is 1. The number of carbonyl (C=O) groups is 3. The molecule has 0 radical (unpaired) electrons. The van der Waals surface area contributed by atoms with Crippen LogP contribution in [0.1, 0.15) is 32.1 Å². The number of nitrogens with zero attached hydrogens (tertiary/aromatic N) is 2. The third-order valence-electron chi connectivity index (χ3n) is 5.61. The maximum absolute atomic E-state index is 12.9. The van der Waals surface area contributed by atoms with Crippen LogP contribution in [0.5, 0.6) is 0 Å². The lowest BCUT2D eigenvalue weighted by molar-refractivity contribution is -0.135. The molecule has 3 amide bonds. The van der Waals surface area contributed by atoms with E-state index < -0.39 is 0 Å². The van der Waals surface area contributed by atoms with Gasteiger partial charge in [-0.05, 0) is 37.1 Å². The molecule has 1 saturated carbocycles. The molecule has 29 heavy (non-hydrogen) atoms. The second-order valence-electron chi connectivity index (χ2n) is 7.76. The van der Waals surface area contributed by atoms with Gasteiger partial charge in [-0.1, -0.05) is 19.3 Å². The van der Waals surface area contributed by atoms with Gasteiger partial charge in [0.05, 0.1) is 13.1 Å². The monoisotopic (exact) mass is 404 g/mol. The van der Waals surface area contributed by atoms with Crippen molar-refractivity contribution >= 4 is 23.4 Å². The fourth-order valence-electron chi connectivity index (χ4n) is 3.88. The maximum atomic E-state index is 12.9. The van der Waals surface area contributed by atoms with Crippen molar-refractivity contribution < 1.29 is 18.8 Å². The summed E-state index contributed by atoms with van der Waals surface area (Å²) in [6.45, 7) is 2.51. The largest absolute Gasteiger partial charge is 0.347 e. The second-order valence-corrected chi connectivity index (χ2v) is 7.76. The fourth-order valence-corrected chi connectivity index (χ4v) is 3.88. The van der Waals surface area contributed by atoms with E-state index in [0.29, 0.717) is 31.9 Å². The van der Waals surface area contributed by atoms with Crippen molar-refractivity contribution in [3.63, 3.8) is 0 Å². The van der Waals surface area contributed by atoms with Crippen molar-refractivity contribution in [1.82, 2.24) is 15.1 Å². The Kier molecular flexibility index (Phi) is 7.57. The van der Waals surface area contributed by atoms with Crippen LogP contribution in [0.25, 0.3) is 0 Å². The van der Waals surface area contributed by atoms with Gasteiger partial charge in [0.2, 0.25) is 17.7 Å². The topological polar surface area (TPSA) is 81.8 Å². The summed E-state index contributed by atoms with van der Waals surface area (Å²) in [5.41, 5.74) is 0.555. The van der Waals surface area contributed by atoms with E-state index >= 15 is 0 Å². The van der Waals surface area contributed by atoms with Crippen molar-refractivity contribution in [3.8, 4) is 0 Å². The highest BCUT2D eigenvalue weighted by Crippen LogP contribution is 2.23. The Bertz CT molecular complexity index is 711. The van der Waals surface area contributed by atoms with Gasteiger partial charge in [-0.3, -0.25) is 19.3 Å². The van der Waals surface area contributed by atoms with Gasteiger partial charge in [0, 0.05) is 37.8 Å². The zero-order chi connectivity index (χ0) is 20.6. The van der Waals surface area contributed by atoms with Gasteiger partial charge in [0.15, 0.2) is 0 Å². The zero-order valence-electron chi connectivity index (χ0n) is 16.7. The van der Waals surface area contributed by atoms with E-state index in [-0.39, 0.29) is 42.5 Å². The van der Waals surface area contributed by atoms with E-state index in [0.717, 1.165) is 25.7 Å². The minimum Gasteiger partial charge on any atom is -0.347 e. The lowest BCUT2D eigenvalue weighted by Gasteiger charge is -2.34. The molecule has 2 fully saturated rings.